The summed E-state index contributed by atoms with van der Waals surface area (Å²) in [7, 11) is 0. The second-order valence-corrected chi connectivity index (χ2v) is 3.30. The number of anilines is 1. The fourth-order valence-corrected chi connectivity index (χ4v) is 1.48. The van der Waals surface area contributed by atoms with E-state index < -0.39 is 0 Å². The van der Waals surface area contributed by atoms with Gasteiger partial charge in [-0.3, -0.25) is 0 Å². The lowest BCUT2D eigenvalue weighted by atomic mass is 10.1. The van der Waals surface area contributed by atoms with Crippen LogP contribution in [-0.2, 0) is 0 Å². The van der Waals surface area contributed by atoms with E-state index in [1.54, 1.807) is 0 Å². The SMILES string of the molecule is CCNc1ccc(-c2nnco2)cc1C. The summed E-state index contributed by atoms with van der Waals surface area (Å²) < 4.78 is 5.13. The van der Waals surface area contributed by atoms with E-state index in [0.717, 1.165) is 17.8 Å². The Bertz CT molecular complexity index is 437. The minimum Gasteiger partial charge on any atom is -0.423 e. The number of rotatable bonds is 3. The molecule has 0 aliphatic rings. The first-order chi connectivity index (χ1) is 7.31. The number of nitrogens with one attached hydrogen (secondary N) is 1. The first kappa shape index (κ1) is 9.71. The lowest BCUT2D eigenvalue weighted by Gasteiger charge is -2.07. The van der Waals surface area contributed by atoms with Gasteiger partial charge in [-0.2, -0.15) is 0 Å². The summed E-state index contributed by atoms with van der Waals surface area (Å²) in [6, 6.07) is 6.03. The molecule has 0 fully saturated rings. The number of hydrogen-bond acceptors (Lipinski definition) is 4. The molecule has 0 radical (unpaired) electrons. The van der Waals surface area contributed by atoms with Gasteiger partial charge in [0.15, 0.2) is 0 Å². The summed E-state index contributed by atoms with van der Waals surface area (Å²) in [4.78, 5) is 0. The fraction of sp³-hybridized carbons (Fsp3) is 0.273. The highest BCUT2D eigenvalue weighted by Gasteiger charge is 2.05. The van der Waals surface area contributed by atoms with E-state index in [4.69, 9.17) is 4.42 Å². The standard InChI is InChI=1S/C11H13N3O/c1-3-12-10-5-4-9(6-8(10)2)11-14-13-7-15-11/h4-7,12H,3H2,1-2H3. The predicted molar refractivity (Wildman–Crippen MR) is 58.6 cm³/mol. The largest absolute Gasteiger partial charge is 0.423 e. The molecule has 0 bridgehead atoms. The molecule has 4 heteroatoms. The van der Waals surface area contributed by atoms with Gasteiger partial charge >= 0.3 is 0 Å². The second-order valence-electron chi connectivity index (χ2n) is 3.30. The molecule has 0 atom stereocenters. The monoisotopic (exact) mass is 203 g/mol. The van der Waals surface area contributed by atoms with Gasteiger partial charge in [-0.1, -0.05) is 0 Å². The highest BCUT2D eigenvalue weighted by atomic mass is 16.4. The van der Waals surface area contributed by atoms with Crippen LogP contribution < -0.4 is 5.32 Å². The van der Waals surface area contributed by atoms with E-state index in [2.05, 4.69) is 29.4 Å². The maximum Gasteiger partial charge on any atom is 0.247 e. The molecule has 0 unspecified atom stereocenters. The third kappa shape index (κ3) is 1.98. The minimum atomic E-state index is 0.557. The zero-order valence-corrected chi connectivity index (χ0v) is 8.82. The molecule has 0 aliphatic carbocycles. The van der Waals surface area contributed by atoms with Crippen molar-refractivity contribution in [2.45, 2.75) is 13.8 Å². The molecular formula is C11H13N3O. The van der Waals surface area contributed by atoms with Crippen LogP contribution in [0.5, 0.6) is 0 Å². The van der Waals surface area contributed by atoms with E-state index in [9.17, 15) is 0 Å². The third-order valence-electron chi connectivity index (χ3n) is 2.20. The highest BCUT2D eigenvalue weighted by Crippen LogP contribution is 2.22. The summed E-state index contributed by atoms with van der Waals surface area (Å²) in [6.45, 7) is 5.05. The van der Waals surface area contributed by atoms with Crippen molar-refractivity contribution in [3.8, 4) is 11.5 Å². The molecule has 1 N–H and O–H groups in total. The number of aromatic nitrogens is 2. The topological polar surface area (TPSA) is 51.0 Å². The van der Waals surface area contributed by atoms with E-state index >= 15 is 0 Å². The van der Waals surface area contributed by atoms with Gasteiger partial charge in [-0.25, -0.2) is 0 Å². The average molecular weight is 203 g/mol. The Kier molecular flexibility index (Phi) is 2.67. The van der Waals surface area contributed by atoms with Crippen LogP contribution in [0, 0.1) is 6.92 Å². The molecule has 1 aromatic heterocycles. The van der Waals surface area contributed by atoms with E-state index in [0.29, 0.717) is 5.89 Å². The molecule has 1 heterocycles. The third-order valence-corrected chi connectivity index (χ3v) is 2.20. The summed E-state index contributed by atoms with van der Waals surface area (Å²) in [5, 5.41) is 10.8. The summed E-state index contributed by atoms with van der Waals surface area (Å²) >= 11 is 0. The van der Waals surface area contributed by atoms with Gasteiger partial charge in [-0.15, -0.1) is 10.2 Å². The normalized spacial score (nSPS) is 10.3. The average Bonchev–Trinajstić information content (AvgIpc) is 2.74. The Balaban J connectivity index is 2.33. The van der Waals surface area contributed by atoms with E-state index in [1.807, 2.05) is 18.2 Å². The molecule has 0 aliphatic heterocycles. The molecule has 2 aromatic rings. The van der Waals surface area contributed by atoms with Crippen molar-refractivity contribution in [3.05, 3.63) is 30.2 Å². The molecule has 4 nitrogen and oxygen atoms in total. The van der Waals surface area contributed by atoms with Crippen molar-refractivity contribution in [1.29, 1.82) is 0 Å². The van der Waals surface area contributed by atoms with Crippen LogP contribution in [0.4, 0.5) is 5.69 Å². The van der Waals surface area contributed by atoms with Crippen molar-refractivity contribution in [2.75, 3.05) is 11.9 Å². The van der Waals surface area contributed by atoms with Gasteiger partial charge in [0.1, 0.15) is 0 Å². The van der Waals surface area contributed by atoms with Gasteiger partial charge < -0.3 is 9.73 Å². The van der Waals surface area contributed by atoms with Crippen molar-refractivity contribution in [2.24, 2.45) is 0 Å². The molecule has 2 rings (SSSR count). The minimum absolute atomic E-state index is 0.557. The molecule has 78 valence electrons. The maximum atomic E-state index is 5.13. The van der Waals surface area contributed by atoms with E-state index in [-0.39, 0.29) is 0 Å². The Morgan fingerprint density at radius 3 is 2.87 bits per heavy atom. The second kappa shape index (κ2) is 4.13. The molecule has 0 saturated heterocycles. The zero-order chi connectivity index (χ0) is 10.7. The van der Waals surface area contributed by atoms with Crippen LogP contribution in [0.3, 0.4) is 0 Å². The molecule has 0 amide bonds. The predicted octanol–water partition coefficient (Wildman–Crippen LogP) is 2.48. The van der Waals surface area contributed by atoms with Gasteiger partial charge in [-0.05, 0) is 37.6 Å². The van der Waals surface area contributed by atoms with Crippen molar-refractivity contribution in [3.63, 3.8) is 0 Å². The van der Waals surface area contributed by atoms with Crippen LogP contribution in [0.25, 0.3) is 11.5 Å². The Hall–Kier alpha value is -1.84. The first-order valence-electron chi connectivity index (χ1n) is 4.92. The Labute approximate surface area is 88.3 Å². The van der Waals surface area contributed by atoms with Crippen LogP contribution in [0.15, 0.2) is 29.0 Å². The van der Waals surface area contributed by atoms with Crippen LogP contribution >= 0.6 is 0 Å². The van der Waals surface area contributed by atoms with Gasteiger partial charge in [0.25, 0.3) is 0 Å². The zero-order valence-electron chi connectivity index (χ0n) is 8.82. The fourth-order valence-electron chi connectivity index (χ4n) is 1.48. The number of nitrogens with zero attached hydrogens (tertiary/aromatic N) is 2. The van der Waals surface area contributed by atoms with Crippen molar-refractivity contribution >= 4 is 5.69 Å². The smallest absolute Gasteiger partial charge is 0.247 e. The number of hydrogen-bond donors (Lipinski definition) is 1. The van der Waals surface area contributed by atoms with Crippen LogP contribution in [0.2, 0.25) is 0 Å². The van der Waals surface area contributed by atoms with E-state index in [1.165, 1.54) is 12.0 Å². The molecule has 0 spiro atoms. The summed E-state index contributed by atoms with van der Waals surface area (Å²) in [5.41, 5.74) is 3.26. The Morgan fingerprint density at radius 2 is 2.27 bits per heavy atom. The van der Waals surface area contributed by atoms with Gasteiger partial charge in [0.2, 0.25) is 12.3 Å². The quantitative estimate of drug-likeness (QED) is 0.832. The first-order valence-corrected chi connectivity index (χ1v) is 4.92. The summed E-state index contributed by atoms with van der Waals surface area (Å²) in [6.07, 6.45) is 1.34. The molecule has 1 aromatic carbocycles. The lowest BCUT2D eigenvalue weighted by Crippen LogP contribution is -1.98. The van der Waals surface area contributed by atoms with Crippen LogP contribution in [0.1, 0.15) is 12.5 Å². The maximum absolute atomic E-state index is 5.13. The van der Waals surface area contributed by atoms with Crippen molar-refractivity contribution in [1.82, 2.24) is 10.2 Å². The van der Waals surface area contributed by atoms with Gasteiger partial charge in [0, 0.05) is 17.8 Å². The number of aryl methyl sites for hydroxylation is 1. The van der Waals surface area contributed by atoms with Gasteiger partial charge in [0.05, 0.1) is 0 Å². The molecular weight excluding hydrogens is 190 g/mol. The van der Waals surface area contributed by atoms with Crippen LogP contribution in [-0.4, -0.2) is 16.7 Å². The Morgan fingerprint density at radius 1 is 1.40 bits per heavy atom. The number of benzene rings is 1. The molecule has 15 heavy (non-hydrogen) atoms. The van der Waals surface area contributed by atoms with Crippen molar-refractivity contribution < 1.29 is 4.42 Å². The molecule has 0 saturated carbocycles. The summed E-state index contributed by atoms with van der Waals surface area (Å²) in [5.74, 6) is 0.557. The lowest BCUT2D eigenvalue weighted by molar-refractivity contribution is 0.568. The highest BCUT2D eigenvalue weighted by molar-refractivity contribution is 5.62.